The molecule has 1 aromatic carbocycles. The number of aliphatic hydroxyl groups is 1. The molecule has 2 aliphatic rings. The fourth-order valence-electron chi connectivity index (χ4n) is 3.68. The van der Waals surface area contributed by atoms with Crippen LogP contribution in [0.5, 0.6) is 0 Å². The first-order valence-electron chi connectivity index (χ1n) is 9.00. The molecule has 3 rings (SSSR count). The molecular weight excluding hydrogens is 439 g/mol. The number of nitro groups is 1. The lowest BCUT2D eigenvalue weighted by atomic mass is 9.77. The topological polar surface area (TPSA) is 153 Å². The molecule has 1 fully saturated rings. The number of alkyl halides is 1. The molecule has 0 aromatic heterocycles. The van der Waals surface area contributed by atoms with E-state index in [9.17, 15) is 33.2 Å². The Kier molecular flexibility index (Phi) is 5.52. The van der Waals surface area contributed by atoms with E-state index >= 15 is 4.39 Å². The van der Waals surface area contributed by atoms with Gasteiger partial charge < -0.3 is 14.0 Å². The summed E-state index contributed by atoms with van der Waals surface area (Å²) in [6, 6.07) is 3.71. The van der Waals surface area contributed by atoms with Gasteiger partial charge >= 0.3 is 16.1 Å². The molecule has 1 saturated heterocycles. The molecular formula is C18H19FN2O9S. The van der Waals surface area contributed by atoms with E-state index in [1.807, 2.05) is 0 Å². The molecule has 1 amide bonds. The smallest absolute Gasteiger partial charge is 0.359 e. The zero-order valence-corrected chi connectivity index (χ0v) is 17.5. The van der Waals surface area contributed by atoms with Crippen molar-refractivity contribution in [2.75, 3.05) is 6.26 Å². The van der Waals surface area contributed by atoms with E-state index in [-0.39, 0.29) is 12.3 Å². The minimum atomic E-state index is -4.27. The van der Waals surface area contributed by atoms with Crippen molar-refractivity contribution in [3.63, 3.8) is 0 Å². The summed E-state index contributed by atoms with van der Waals surface area (Å²) in [5, 5.41) is 20.5. The molecule has 2 aliphatic heterocycles. The number of fused-ring (bicyclic) bond motifs is 1. The highest BCUT2D eigenvalue weighted by molar-refractivity contribution is 7.86. The molecule has 168 valence electrons. The minimum Gasteiger partial charge on any atom is -0.456 e. The SMILES string of the molecule is C[C@@H](O)[C@H]1C(=O)N2C(C(=O)OCc3ccc([N+](=O)[O-])cc3)=C(OS(C)(=O)=O)[C@@](C)(F)[C@H]12. The molecule has 2 heterocycles. The van der Waals surface area contributed by atoms with Gasteiger partial charge in [-0.3, -0.25) is 19.8 Å². The number of halogens is 1. The molecule has 1 aromatic rings. The van der Waals surface area contributed by atoms with Crippen LogP contribution in [0.2, 0.25) is 0 Å². The monoisotopic (exact) mass is 458 g/mol. The molecule has 0 saturated carbocycles. The van der Waals surface area contributed by atoms with Gasteiger partial charge in [0, 0.05) is 12.1 Å². The third kappa shape index (κ3) is 3.97. The highest BCUT2D eigenvalue weighted by atomic mass is 32.2. The standard InChI is InChI=1S/C18H19FN2O9S/c1-9(22)12-14-18(2,19)15(30-31(3,27)28)13(20(14)16(12)23)17(24)29-8-10-4-6-11(7-5-10)21(25)26/h4-7,9,12,14,22H,8H2,1-3H3/t9-,12-,14+,18+/m1/s1. The van der Waals surface area contributed by atoms with Crippen LogP contribution in [0.1, 0.15) is 19.4 Å². The number of ether oxygens (including phenoxy) is 1. The van der Waals surface area contributed by atoms with E-state index in [1.165, 1.54) is 31.2 Å². The summed E-state index contributed by atoms with van der Waals surface area (Å²) in [6.45, 7) is 1.84. The fraction of sp³-hybridized carbons (Fsp3) is 0.444. The van der Waals surface area contributed by atoms with Crippen LogP contribution in [0.25, 0.3) is 0 Å². The maximum atomic E-state index is 15.6. The number of rotatable bonds is 7. The predicted molar refractivity (Wildman–Crippen MR) is 101 cm³/mol. The van der Waals surface area contributed by atoms with Gasteiger partial charge in [0.2, 0.25) is 5.91 Å². The predicted octanol–water partition coefficient (Wildman–Crippen LogP) is 0.775. The lowest BCUT2D eigenvalue weighted by molar-refractivity contribution is -0.384. The van der Waals surface area contributed by atoms with E-state index in [0.717, 1.165) is 11.8 Å². The van der Waals surface area contributed by atoms with E-state index in [1.54, 1.807) is 0 Å². The number of hydrogen-bond acceptors (Lipinski definition) is 9. The Bertz CT molecular complexity index is 1080. The number of amides is 1. The van der Waals surface area contributed by atoms with Crippen molar-refractivity contribution in [2.24, 2.45) is 5.92 Å². The molecule has 4 atom stereocenters. The number of esters is 1. The van der Waals surface area contributed by atoms with Crippen LogP contribution in [0.4, 0.5) is 10.1 Å². The highest BCUT2D eigenvalue weighted by Gasteiger charge is 2.69. The van der Waals surface area contributed by atoms with E-state index in [4.69, 9.17) is 8.92 Å². The molecule has 0 radical (unpaired) electrons. The summed E-state index contributed by atoms with van der Waals surface area (Å²) in [6.07, 6.45) is -0.599. The minimum absolute atomic E-state index is 0.177. The van der Waals surface area contributed by atoms with Gasteiger partial charge in [0.1, 0.15) is 6.61 Å². The normalized spacial score (nSPS) is 26.2. The Labute approximate surface area is 176 Å². The van der Waals surface area contributed by atoms with Crippen LogP contribution in [0, 0.1) is 16.0 Å². The number of β-lactam (4-membered cyclic amide) rings is 1. The largest absolute Gasteiger partial charge is 0.456 e. The van der Waals surface area contributed by atoms with E-state index < -0.39 is 62.1 Å². The maximum absolute atomic E-state index is 15.6. The molecule has 31 heavy (non-hydrogen) atoms. The average Bonchev–Trinajstić information content (AvgIpc) is 2.83. The second-order valence-corrected chi connectivity index (χ2v) is 9.03. The van der Waals surface area contributed by atoms with Gasteiger partial charge in [-0.15, -0.1) is 0 Å². The first kappa shape index (κ1) is 22.6. The Hall–Kier alpha value is -3.06. The van der Waals surface area contributed by atoms with Crippen molar-refractivity contribution in [3.8, 4) is 0 Å². The Morgan fingerprint density at radius 3 is 2.45 bits per heavy atom. The van der Waals surface area contributed by atoms with E-state index in [2.05, 4.69) is 0 Å². The molecule has 0 aliphatic carbocycles. The number of nitrogens with zero attached hydrogens (tertiary/aromatic N) is 2. The first-order valence-corrected chi connectivity index (χ1v) is 10.8. The maximum Gasteiger partial charge on any atom is 0.359 e. The summed E-state index contributed by atoms with van der Waals surface area (Å²) in [4.78, 5) is 36.0. The third-order valence-electron chi connectivity index (χ3n) is 5.06. The molecule has 0 bridgehead atoms. The molecule has 11 nitrogen and oxygen atoms in total. The van der Waals surface area contributed by atoms with Crippen molar-refractivity contribution >= 4 is 27.7 Å². The summed E-state index contributed by atoms with van der Waals surface area (Å²) >= 11 is 0. The van der Waals surface area contributed by atoms with Crippen molar-refractivity contribution in [3.05, 3.63) is 51.4 Å². The summed E-state index contributed by atoms with van der Waals surface area (Å²) < 4.78 is 48.7. The molecule has 0 unspecified atom stereocenters. The lowest BCUT2D eigenvalue weighted by Gasteiger charge is -2.47. The van der Waals surface area contributed by atoms with Gasteiger partial charge in [0.15, 0.2) is 17.1 Å². The van der Waals surface area contributed by atoms with Crippen LogP contribution >= 0.6 is 0 Å². The zero-order valence-electron chi connectivity index (χ0n) is 16.6. The number of nitro benzene ring substituents is 1. The van der Waals surface area contributed by atoms with Crippen LogP contribution in [-0.2, 0) is 35.2 Å². The summed E-state index contributed by atoms with van der Waals surface area (Å²) in [5.74, 6) is -4.10. The second-order valence-electron chi connectivity index (χ2n) is 7.46. The number of benzene rings is 1. The van der Waals surface area contributed by atoms with Crippen molar-refractivity contribution in [1.29, 1.82) is 0 Å². The highest BCUT2D eigenvalue weighted by Crippen LogP contribution is 2.52. The van der Waals surface area contributed by atoms with Crippen LogP contribution in [-0.4, -0.2) is 59.3 Å². The van der Waals surface area contributed by atoms with Gasteiger partial charge in [0.25, 0.3) is 5.69 Å². The Morgan fingerprint density at radius 2 is 1.97 bits per heavy atom. The van der Waals surface area contributed by atoms with Gasteiger partial charge in [-0.1, -0.05) is 0 Å². The quantitative estimate of drug-likeness (QED) is 0.205. The third-order valence-corrected chi connectivity index (χ3v) is 5.53. The van der Waals surface area contributed by atoms with Crippen molar-refractivity contribution < 1.29 is 41.3 Å². The number of aliphatic hydroxyl groups excluding tert-OH is 1. The summed E-state index contributed by atoms with van der Waals surface area (Å²) in [7, 11) is -4.27. The van der Waals surface area contributed by atoms with Crippen molar-refractivity contribution in [2.45, 2.75) is 38.3 Å². The molecule has 13 heteroatoms. The number of hydrogen-bond donors (Lipinski definition) is 1. The molecule has 1 N–H and O–H groups in total. The van der Waals surface area contributed by atoms with Crippen LogP contribution < -0.4 is 0 Å². The van der Waals surface area contributed by atoms with Gasteiger partial charge in [0.05, 0.1) is 29.2 Å². The molecule has 0 spiro atoms. The van der Waals surface area contributed by atoms with E-state index in [0.29, 0.717) is 11.8 Å². The second kappa shape index (κ2) is 7.57. The van der Waals surface area contributed by atoms with Gasteiger partial charge in [-0.2, -0.15) is 8.42 Å². The Balaban J connectivity index is 1.90. The lowest BCUT2D eigenvalue weighted by Crippen LogP contribution is -2.67. The average molecular weight is 458 g/mol. The fourth-order valence-corrected chi connectivity index (χ4v) is 4.22. The Morgan fingerprint density at radius 1 is 1.39 bits per heavy atom. The van der Waals surface area contributed by atoms with Crippen molar-refractivity contribution in [1.82, 2.24) is 4.90 Å². The van der Waals surface area contributed by atoms with Gasteiger partial charge in [-0.25, -0.2) is 9.18 Å². The van der Waals surface area contributed by atoms with Crippen LogP contribution in [0.3, 0.4) is 0 Å². The number of non-ortho nitro benzene ring substituents is 1. The zero-order chi connectivity index (χ0) is 23.3. The van der Waals surface area contributed by atoms with Crippen LogP contribution in [0.15, 0.2) is 35.7 Å². The first-order chi connectivity index (χ1) is 14.3. The van der Waals surface area contributed by atoms with Gasteiger partial charge in [-0.05, 0) is 31.5 Å². The number of carbonyl (C=O) groups is 2. The number of carbonyl (C=O) groups excluding carboxylic acids is 2. The summed E-state index contributed by atoms with van der Waals surface area (Å²) in [5.41, 5.74) is -3.10.